The lowest BCUT2D eigenvalue weighted by molar-refractivity contribution is 0.397. The highest BCUT2D eigenvalue weighted by Gasteiger charge is 2.24. The van der Waals surface area contributed by atoms with Crippen molar-refractivity contribution in [1.82, 2.24) is 35.2 Å². The molecule has 24 heavy (non-hydrogen) atoms. The average molecular weight is 330 g/mol. The maximum absolute atomic E-state index is 4.67. The Hall–Kier alpha value is -2.38. The van der Waals surface area contributed by atoms with Gasteiger partial charge < -0.3 is 10.6 Å². The Labute approximate surface area is 142 Å². The van der Waals surface area contributed by atoms with Crippen LogP contribution in [0.3, 0.4) is 0 Å². The van der Waals surface area contributed by atoms with Crippen molar-refractivity contribution in [2.45, 2.75) is 52.7 Å². The molecule has 0 amide bonds. The molecular weight excluding hydrogens is 304 g/mol. The number of nitrogens with one attached hydrogen (secondary N) is 2. The van der Waals surface area contributed by atoms with Crippen LogP contribution in [0.2, 0.25) is 0 Å². The van der Waals surface area contributed by atoms with Crippen LogP contribution in [0.5, 0.6) is 0 Å². The average Bonchev–Trinajstić information content (AvgIpc) is 3.13. The second-order valence-electron chi connectivity index (χ2n) is 6.12. The van der Waals surface area contributed by atoms with E-state index in [1.807, 2.05) is 35.6 Å². The maximum atomic E-state index is 4.67. The second kappa shape index (κ2) is 7.46. The van der Waals surface area contributed by atoms with E-state index in [4.69, 9.17) is 0 Å². The first kappa shape index (κ1) is 16.5. The van der Waals surface area contributed by atoms with Crippen LogP contribution in [0.25, 0.3) is 0 Å². The maximum Gasteiger partial charge on any atom is 0.191 e. The molecule has 2 N–H and O–H groups in total. The second-order valence-corrected chi connectivity index (χ2v) is 6.12. The lowest BCUT2D eigenvalue weighted by Gasteiger charge is -2.25. The van der Waals surface area contributed by atoms with Crippen LogP contribution in [-0.4, -0.2) is 43.6 Å². The third-order valence-electron chi connectivity index (χ3n) is 4.00. The van der Waals surface area contributed by atoms with Gasteiger partial charge >= 0.3 is 0 Å². The highest BCUT2D eigenvalue weighted by Crippen LogP contribution is 2.22. The number of guanidine groups is 1. The number of aryl methyl sites for hydroxylation is 3. The number of hydrogen-bond donors (Lipinski definition) is 2. The standard InChI is InChI=1S/C16H26N8/c1-4-17-16(18-7-9-23-11-12(2)10-19-23)21-14-6-5-8-24-15(14)20-13(3)22-24/h10-11,14H,4-9H2,1-3H3,(H2,17,18,21). The smallest absolute Gasteiger partial charge is 0.191 e. The molecule has 1 aliphatic heterocycles. The predicted molar refractivity (Wildman–Crippen MR) is 92.8 cm³/mol. The SMILES string of the molecule is CCNC(=NCCn1cc(C)cn1)NC1CCCn2nc(C)nc21. The van der Waals surface area contributed by atoms with Gasteiger partial charge in [0.25, 0.3) is 0 Å². The summed E-state index contributed by atoms with van der Waals surface area (Å²) in [7, 11) is 0. The van der Waals surface area contributed by atoms with Crippen molar-refractivity contribution in [1.29, 1.82) is 0 Å². The fourth-order valence-corrected chi connectivity index (χ4v) is 2.94. The van der Waals surface area contributed by atoms with E-state index in [1.165, 1.54) is 5.56 Å². The van der Waals surface area contributed by atoms with E-state index in [1.54, 1.807) is 0 Å². The third kappa shape index (κ3) is 3.93. The molecule has 1 aliphatic rings. The van der Waals surface area contributed by atoms with Crippen LogP contribution in [0.4, 0.5) is 0 Å². The molecular formula is C16H26N8. The summed E-state index contributed by atoms with van der Waals surface area (Å²) in [5.74, 6) is 2.65. The largest absolute Gasteiger partial charge is 0.357 e. The Kier molecular flexibility index (Phi) is 5.12. The predicted octanol–water partition coefficient (Wildman–Crippen LogP) is 1.18. The van der Waals surface area contributed by atoms with Crippen LogP contribution >= 0.6 is 0 Å². The Morgan fingerprint density at radius 2 is 2.29 bits per heavy atom. The molecule has 3 heterocycles. The minimum atomic E-state index is 0.157. The zero-order valence-electron chi connectivity index (χ0n) is 14.7. The van der Waals surface area contributed by atoms with Crippen LogP contribution in [0, 0.1) is 13.8 Å². The molecule has 130 valence electrons. The Morgan fingerprint density at radius 3 is 3.04 bits per heavy atom. The minimum Gasteiger partial charge on any atom is -0.357 e. The molecule has 2 aromatic rings. The molecule has 0 spiro atoms. The highest BCUT2D eigenvalue weighted by molar-refractivity contribution is 5.80. The van der Waals surface area contributed by atoms with Gasteiger partial charge in [0, 0.05) is 19.3 Å². The molecule has 0 saturated heterocycles. The molecule has 0 saturated carbocycles. The summed E-state index contributed by atoms with van der Waals surface area (Å²) in [6.45, 7) is 9.26. The number of aromatic nitrogens is 5. The van der Waals surface area contributed by atoms with Crippen LogP contribution in [0.1, 0.15) is 43.0 Å². The highest BCUT2D eigenvalue weighted by atomic mass is 15.4. The summed E-state index contributed by atoms with van der Waals surface area (Å²) in [6.07, 6.45) is 6.03. The van der Waals surface area contributed by atoms with Crippen molar-refractivity contribution >= 4 is 5.96 Å². The van der Waals surface area contributed by atoms with E-state index < -0.39 is 0 Å². The lowest BCUT2D eigenvalue weighted by Crippen LogP contribution is -2.41. The molecule has 8 nitrogen and oxygen atoms in total. The Balaban J connectivity index is 1.64. The third-order valence-corrected chi connectivity index (χ3v) is 4.00. The van der Waals surface area contributed by atoms with Gasteiger partial charge in [-0.25, -0.2) is 9.67 Å². The van der Waals surface area contributed by atoms with E-state index in [-0.39, 0.29) is 6.04 Å². The summed E-state index contributed by atoms with van der Waals surface area (Å²) < 4.78 is 3.93. The van der Waals surface area contributed by atoms with Gasteiger partial charge in [0.2, 0.25) is 0 Å². The van der Waals surface area contributed by atoms with Gasteiger partial charge in [-0.05, 0) is 39.2 Å². The summed E-state index contributed by atoms with van der Waals surface area (Å²) in [6, 6.07) is 0.157. The van der Waals surface area contributed by atoms with Gasteiger partial charge in [-0.15, -0.1) is 0 Å². The normalized spacial score (nSPS) is 17.6. The number of hydrogen-bond acceptors (Lipinski definition) is 4. The van der Waals surface area contributed by atoms with Crippen molar-refractivity contribution in [2.24, 2.45) is 4.99 Å². The molecule has 3 rings (SSSR count). The first-order valence-corrected chi connectivity index (χ1v) is 8.61. The molecule has 2 aromatic heterocycles. The summed E-state index contributed by atoms with van der Waals surface area (Å²) >= 11 is 0. The van der Waals surface area contributed by atoms with Crippen molar-refractivity contribution < 1.29 is 0 Å². The zero-order valence-corrected chi connectivity index (χ0v) is 14.7. The number of fused-ring (bicyclic) bond motifs is 1. The Bertz CT molecular complexity index is 699. The van der Waals surface area contributed by atoms with E-state index in [0.29, 0.717) is 6.54 Å². The molecule has 0 fully saturated rings. The topological polar surface area (TPSA) is 85.0 Å². The molecule has 1 atom stereocenters. The van der Waals surface area contributed by atoms with Crippen molar-refractivity contribution in [3.63, 3.8) is 0 Å². The van der Waals surface area contributed by atoms with Crippen LogP contribution in [-0.2, 0) is 13.1 Å². The van der Waals surface area contributed by atoms with Crippen molar-refractivity contribution in [2.75, 3.05) is 13.1 Å². The molecule has 8 heteroatoms. The number of nitrogens with zero attached hydrogens (tertiary/aromatic N) is 6. The summed E-state index contributed by atoms with van der Waals surface area (Å²) in [5, 5.41) is 15.6. The lowest BCUT2D eigenvalue weighted by atomic mass is 10.1. The van der Waals surface area contributed by atoms with Gasteiger partial charge in [0.1, 0.15) is 11.6 Å². The van der Waals surface area contributed by atoms with Gasteiger partial charge in [0.05, 0.1) is 25.3 Å². The quantitative estimate of drug-likeness (QED) is 0.635. The molecule has 0 aliphatic carbocycles. The van der Waals surface area contributed by atoms with Crippen molar-refractivity contribution in [3.05, 3.63) is 29.6 Å². The fraction of sp³-hybridized carbons (Fsp3) is 0.625. The van der Waals surface area contributed by atoms with E-state index in [0.717, 1.165) is 50.1 Å². The fourth-order valence-electron chi connectivity index (χ4n) is 2.94. The molecule has 1 unspecified atom stereocenters. The van der Waals surface area contributed by atoms with E-state index in [9.17, 15) is 0 Å². The number of aliphatic imine (C=N–C) groups is 1. The summed E-state index contributed by atoms with van der Waals surface area (Å²) in [5.41, 5.74) is 1.17. The first-order valence-electron chi connectivity index (χ1n) is 8.61. The zero-order chi connectivity index (χ0) is 16.9. The van der Waals surface area contributed by atoms with E-state index in [2.05, 4.69) is 37.7 Å². The van der Waals surface area contributed by atoms with Crippen molar-refractivity contribution in [3.8, 4) is 0 Å². The van der Waals surface area contributed by atoms with E-state index >= 15 is 0 Å². The summed E-state index contributed by atoms with van der Waals surface area (Å²) in [4.78, 5) is 9.24. The minimum absolute atomic E-state index is 0.157. The molecule has 0 bridgehead atoms. The van der Waals surface area contributed by atoms with Gasteiger partial charge in [0.15, 0.2) is 5.96 Å². The van der Waals surface area contributed by atoms with Gasteiger partial charge in [-0.2, -0.15) is 10.2 Å². The van der Waals surface area contributed by atoms with Crippen LogP contribution < -0.4 is 10.6 Å². The molecule has 0 aromatic carbocycles. The van der Waals surface area contributed by atoms with Crippen LogP contribution in [0.15, 0.2) is 17.4 Å². The number of rotatable bonds is 5. The van der Waals surface area contributed by atoms with Gasteiger partial charge in [-0.1, -0.05) is 0 Å². The van der Waals surface area contributed by atoms with Gasteiger partial charge in [-0.3, -0.25) is 9.67 Å². The Morgan fingerprint density at radius 1 is 1.42 bits per heavy atom. The first-order chi connectivity index (χ1) is 11.7. The molecule has 0 radical (unpaired) electrons. The monoisotopic (exact) mass is 330 g/mol.